The molecular weight excluding hydrogens is 512 g/mol. The second kappa shape index (κ2) is 12.1. The van der Waals surface area contributed by atoms with Gasteiger partial charge in [0.25, 0.3) is 5.91 Å². The molecule has 1 aliphatic rings. The molecule has 2 aromatic carbocycles. The summed E-state index contributed by atoms with van der Waals surface area (Å²) in [6.07, 6.45) is 3.46. The lowest BCUT2D eigenvalue weighted by Gasteiger charge is -2.14. The predicted molar refractivity (Wildman–Crippen MR) is 151 cm³/mol. The van der Waals surface area contributed by atoms with Crippen molar-refractivity contribution in [1.82, 2.24) is 9.55 Å². The number of aromatic nitrogens is 2. The van der Waals surface area contributed by atoms with Gasteiger partial charge in [0.2, 0.25) is 0 Å². The monoisotopic (exact) mass is 544 g/mol. The van der Waals surface area contributed by atoms with Gasteiger partial charge in [0, 0.05) is 24.1 Å². The summed E-state index contributed by atoms with van der Waals surface area (Å²) in [5.41, 5.74) is 3.27. The highest BCUT2D eigenvalue weighted by atomic mass is 16.5. The minimum absolute atomic E-state index is 0.0682. The molecule has 1 amide bonds. The molecule has 4 aromatic rings. The van der Waals surface area contributed by atoms with E-state index in [2.05, 4.69) is 10.6 Å². The SMILES string of the molecule is COC(=O)c1c(NC(=O)c2ccccc2)c2cc(NCc3ccc(OC)c(OC)c3)cnc2n1C[C@@H]1CCCO1. The Labute approximate surface area is 232 Å². The van der Waals surface area contributed by atoms with E-state index in [0.29, 0.717) is 59.2 Å². The number of ether oxygens (including phenoxy) is 4. The molecule has 1 saturated heterocycles. The van der Waals surface area contributed by atoms with Crippen LogP contribution < -0.4 is 20.1 Å². The highest BCUT2D eigenvalue weighted by molar-refractivity contribution is 6.14. The standard InChI is InChI=1S/C30H32N4O6/c1-37-24-12-11-19(14-25(24)38-2)16-31-21-15-23-26(33-29(35)20-8-5-4-6-9-20)27(30(36)39-3)34(28(23)32-17-21)18-22-10-7-13-40-22/h4-6,8-9,11-12,14-15,17,22,31H,7,10,13,16,18H2,1-3H3,(H,33,35)/t22-/m0/s1. The van der Waals surface area contributed by atoms with E-state index in [1.54, 1.807) is 49.2 Å². The van der Waals surface area contributed by atoms with E-state index >= 15 is 0 Å². The van der Waals surface area contributed by atoms with Crippen molar-refractivity contribution in [2.75, 3.05) is 38.6 Å². The summed E-state index contributed by atoms with van der Waals surface area (Å²) in [6.45, 7) is 1.57. The van der Waals surface area contributed by atoms with Gasteiger partial charge in [-0.2, -0.15) is 0 Å². The maximum atomic E-state index is 13.2. The van der Waals surface area contributed by atoms with Gasteiger partial charge in [-0.3, -0.25) is 4.79 Å². The maximum Gasteiger partial charge on any atom is 0.356 e. The van der Waals surface area contributed by atoms with E-state index in [4.69, 9.17) is 23.9 Å². The highest BCUT2D eigenvalue weighted by Crippen LogP contribution is 2.34. The van der Waals surface area contributed by atoms with E-state index in [9.17, 15) is 9.59 Å². The van der Waals surface area contributed by atoms with Crippen LogP contribution in [0.1, 0.15) is 39.3 Å². The van der Waals surface area contributed by atoms with Crippen LogP contribution in [0.5, 0.6) is 11.5 Å². The van der Waals surface area contributed by atoms with Crippen LogP contribution in [0.3, 0.4) is 0 Å². The molecule has 0 radical (unpaired) electrons. The first kappa shape index (κ1) is 27.0. The van der Waals surface area contributed by atoms with Crippen LogP contribution in [-0.2, 0) is 22.6 Å². The molecule has 10 heteroatoms. The fourth-order valence-corrected chi connectivity index (χ4v) is 4.90. The van der Waals surface area contributed by atoms with E-state index in [-0.39, 0.29) is 17.7 Å². The molecular formula is C30H32N4O6. The summed E-state index contributed by atoms with van der Waals surface area (Å²) >= 11 is 0. The number of carbonyl (C=O) groups is 2. The number of pyridine rings is 1. The second-order valence-electron chi connectivity index (χ2n) is 9.42. The van der Waals surface area contributed by atoms with E-state index < -0.39 is 5.97 Å². The third-order valence-corrected chi connectivity index (χ3v) is 6.91. The maximum absolute atomic E-state index is 13.2. The number of nitrogens with one attached hydrogen (secondary N) is 2. The summed E-state index contributed by atoms with van der Waals surface area (Å²) in [4.78, 5) is 31.1. The van der Waals surface area contributed by atoms with Crippen LogP contribution in [0.25, 0.3) is 11.0 Å². The second-order valence-corrected chi connectivity index (χ2v) is 9.42. The third-order valence-electron chi connectivity index (χ3n) is 6.91. The van der Waals surface area contributed by atoms with Crippen LogP contribution in [0.2, 0.25) is 0 Å². The number of hydrogen-bond donors (Lipinski definition) is 2. The van der Waals surface area contributed by atoms with Crippen LogP contribution in [0, 0.1) is 0 Å². The van der Waals surface area contributed by atoms with Gasteiger partial charge in [0.15, 0.2) is 17.2 Å². The highest BCUT2D eigenvalue weighted by Gasteiger charge is 2.29. The van der Waals surface area contributed by atoms with Crippen molar-refractivity contribution in [3.63, 3.8) is 0 Å². The fourth-order valence-electron chi connectivity index (χ4n) is 4.90. The van der Waals surface area contributed by atoms with E-state index in [1.165, 1.54) is 7.11 Å². The molecule has 1 aliphatic heterocycles. The van der Waals surface area contributed by atoms with Gasteiger partial charge in [0.1, 0.15) is 5.65 Å². The zero-order valence-corrected chi connectivity index (χ0v) is 22.7. The van der Waals surface area contributed by atoms with Crippen LogP contribution in [-0.4, -0.2) is 55.5 Å². The van der Waals surface area contributed by atoms with Crippen molar-refractivity contribution in [3.05, 3.63) is 77.6 Å². The lowest BCUT2D eigenvalue weighted by atomic mass is 10.2. The third kappa shape index (κ3) is 5.57. The lowest BCUT2D eigenvalue weighted by molar-refractivity contribution is 0.0580. The average Bonchev–Trinajstić information content (AvgIpc) is 3.62. The van der Waals surface area contributed by atoms with Crippen molar-refractivity contribution in [1.29, 1.82) is 0 Å². The molecule has 208 valence electrons. The quantitative estimate of drug-likeness (QED) is 0.272. The molecule has 0 unspecified atom stereocenters. The molecule has 2 aromatic heterocycles. The molecule has 3 heterocycles. The Balaban J connectivity index is 1.54. The Morgan fingerprint density at radius 2 is 1.85 bits per heavy atom. The molecule has 1 atom stereocenters. The lowest BCUT2D eigenvalue weighted by Crippen LogP contribution is -2.21. The van der Waals surface area contributed by atoms with Crippen LogP contribution in [0.4, 0.5) is 11.4 Å². The minimum Gasteiger partial charge on any atom is -0.493 e. The first-order valence-electron chi connectivity index (χ1n) is 13.1. The smallest absolute Gasteiger partial charge is 0.356 e. The molecule has 0 bridgehead atoms. The van der Waals surface area contributed by atoms with E-state index in [0.717, 1.165) is 18.4 Å². The molecule has 0 spiro atoms. The average molecular weight is 545 g/mol. The fraction of sp³-hybridized carbons (Fsp3) is 0.300. The number of fused-ring (bicyclic) bond motifs is 1. The minimum atomic E-state index is -0.570. The molecule has 40 heavy (non-hydrogen) atoms. The van der Waals surface area contributed by atoms with Crippen LogP contribution >= 0.6 is 0 Å². The number of anilines is 2. The number of benzene rings is 2. The largest absolute Gasteiger partial charge is 0.493 e. The van der Waals surface area contributed by atoms with Crippen molar-refractivity contribution in [2.45, 2.75) is 32.0 Å². The van der Waals surface area contributed by atoms with Gasteiger partial charge in [0.05, 0.1) is 51.5 Å². The Morgan fingerprint density at radius 1 is 1.05 bits per heavy atom. The van der Waals surface area contributed by atoms with Gasteiger partial charge in [-0.05, 0) is 48.7 Å². The van der Waals surface area contributed by atoms with Gasteiger partial charge < -0.3 is 34.1 Å². The molecule has 0 saturated carbocycles. The number of esters is 1. The van der Waals surface area contributed by atoms with Gasteiger partial charge in [-0.1, -0.05) is 24.3 Å². The van der Waals surface area contributed by atoms with E-state index in [1.807, 2.05) is 30.3 Å². The number of rotatable bonds is 10. The van der Waals surface area contributed by atoms with Crippen molar-refractivity contribution in [3.8, 4) is 11.5 Å². The predicted octanol–water partition coefficient (Wildman–Crippen LogP) is 4.88. The Bertz CT molecular complexity index is 1510. The summed E-state index contributed by atoms with van der Waals surface area (Å²) in [7, 11) is 4.51. The van der Waals surface area contributed by atoms with Crippen molar-refractivity contribution >= 4 is 34.3 Å². The number of nitrogens with zero attached hydrogens (tertiary/aromatic N) is 2. The zero-order chi connectivity index (χ0) is 28.1. The molecule has 0 aliphatic carbocycles. The van der Waals surface area contributed by atoms with Gasteiger partial charge >= 0.3 is 5.97 Å². The van der Waals surface area contributed by atoms with Crippen LogP contribution in [0.15, 0.2) is 60.8 Å². The summed E-state index contributed by atoms with van der Waals surface area (Å²) in [5.74, 6) is 0.371. The molecule has 1 fully saturated rings. The number of hydrogen-bond acceptors (Lipinski definition) is 8. The Hall–Kier alpha value is -4.57. The Morgan fingerprint density at radius 3 is 2.55 bits per heavy atom. The first-order valence-corrected chi connectivity index (χ1v) is 13.1. The zero-order valence-electron chi connectivity index (χ0n) is 22.7. The number of amides is 1. The topological polar surface area (TPSA) is 113 Å². The summed E-state index contributed by atoms with van der Waals surface area (Å²) in [6, 6.07) is 16.4. The number of methoxy groups -OCH3 is 3. The molecule has 5 rings (SSSR count). The van der Waals surface area contributed by atoms with Gasteiger partial charge in [-0.25, -0.2) is 9.78 Å². The summed E-state index contributed by atoms with van der Waals surface area (Å²) < 4.78 is 23.6. The van der Waals surface area contributed by atoms with Gasteiger partial charge in [-0.15, -0.1) is 0 Å². The summed E-state index contributed by atoms with van der Waals surface area (Å²) in [5, 5.41) is 6.95. The first-order chi connectivity index (χ1) is 19.5. The molecule has 10 nitrogen and oxygen atoms in total. The number of carbonyl (C=O) groups excluding carboxylic acids is 2. The Kier molecular flexibility index (Phi) is 8.16. The van der Waals surface area contributed by atoms with Crippen molar-refractivity contribution in [2.24, 2.45) is 0 Å². The molecule has 2 N–H and O–H groups in total. The van der Waals surface area contributed by atoms with Crippen molar-refractivity contribution < 1.29 is 28.5 Å². The normalized spacial score (nSPS) is 14.6.